The Morgan fingerprint density at radius 3 is 2.58 bits per heavy atom. The number of H-pyrrole nitrogens is 1. The van der Waals surface area contributed by atoms with Crippen LogP contribution in [0.5, 0.6) is 0 Å². The van der Waals surface area contributed by atoms with Gasteiger partial charge in [0.25, 0.3) is 5.56 Å². The summed E-state index contributed by atoms with van der Waals surface area (Å²) in [5.41, 5.74) is 5.65. The maximum absolute atomic E-state index is 12.7. The summed E-state index contributed by atoms with van der Waals surface area (Å²) in [5.74, 6) is -0.00373. The van der Waals surface area contributed by atoms with Gasteiger partial charge in [0.1, 0.15) is 15.5 Å². The minimum atomic E-state index is -0.429. The van der Waals surface area contributed by atoms with Crippen LogP contribution in [0.3, 0.4) is 0 Å². The first-order valence-electron chi connectivity index (χ1n) is 10.8. The van der Waals surface area contributed by atoms with Crippen LogP contribution in [0.25, 0.3) is 22.4 Å². The van der Waals surface area contributed by atoms with Crippen molar-refractivity contribution < 1.29 is 9.53 Å². The van der Waals surface area contributed by atoms with Gasteiger partial charge in [0, 0.05) is 11.3 Å². The van der Waals surface area contributed by atoms with Crippen LogP contribution >= 0.6 is 11.3 Å². The maximum Gasteiger partial charge on any atom is 0.348 e. The first kappa shape index (κ1) is 22.7. The quantitative estimate of drug-likeness (QED) is 0.415. The molecule has 4 rings (SSSR count). The molecule has 3 aromatic heterocycles. The average Bonchev–Trinajstić information content (AvgIpc) is 3.24. The fourth-order valence-electron chi connectivity index (χ4n) is 3.77. The zero-order valence-corrected chi connectivity index (χ0v) is 20.2. The van der Waals surface area contributed by atoms with E-state index in [2.05, 4.69) is 46.3 Å². The highest BCUT2D eigenvalue weighted by atomic mass is 32.1. The number of aromatic amines is 1. The van der Waals surface area contributed by atoms with Crippen LogP contribution in [0.15, 0.2) is 29.1 Å². The largest absolute Gasteiger partial charge is 0.462 e. The fourth-order valence-corrected chi connectivity index (χ4v) is 4.85. The molecule has 1 aromatic carbocycles. The van der Waals surface area contributed by atoms with Crippen molar-refractivity contribution in [3.63, 3.8) is 0 Å². The first-order chi connectivity index (χ1) is 15.8. The Kier molecular flexibility index (Phi) is 6.29. The molecule has 33 heavy (non-hydrogen) atoms. The Labute approximate surface area is 195 Å². The van der Waals surface area contributed by atoms with Crippen LogP contribution in [-0.2, 0) is 11.3 Å². The molecule has 0 aliphatic heterocycles. The third-order valence-corrected chi connectivity index (χ3v) is 6.74. The molecular formula is C25H26N4O3S. The third kappa shape index (κ3) is 4.52. The van der Waals surface area contributed by atoms with Crippen molar-refractivity contribution in [3.05, 3.63) is 79.0 Å². The summed E-state index contributed by atoms with van der Waals surface area (Å²) < 4.78 is 7.08. The Morgan fingerprint density at radius 1 is 1.15 bits per heavy atom. The lowest BCUT2D eigenvalue weighted by Gasteiger charge is -2.05. The van der Waals surface area contributed by atoms with Crippen molar-refractivity contribution in [3.8, 4) is 0 Å². The van der Waals surface area contributed by atoms with Crippen LogP contribution in [0.4, 0.5) is 0 Å². The summed E-state index contributed by atoms with van der Waals surface area (Å²) in [6.07, 6.45) is 3.69. The minimum absolute atomic E-state index is 0.271. The lowest BCUT2D eigenvalue weighted by Crippen LogP contribution is -2.10. The number of aromatic nitrogens is 4. The number of aryl methyl sites for hydroxylation is 3. The molecule has 3 heterocycles. The number of nitrogens with one attached hydrogen (secondary N) is 1. The van der Waals surface area contributed by atoms with E-state index in [-0.39, 0.29) is 12.2 Å². The number of rotatable bonds is 6. The molecule has 0 aliphatic carbocycles. The van der Waals surface area contributed by atoms with E-state index in [9.17, 15) is 9.59 Å². The molecule has 1 N–H and O–H groups in total. The molecule has 8 heteroatoms. The van der Waals surface area contributed by atoms with E-state index >= 15 is 0 Å². The molecule has 0 amide bonds. The molecule has 170 valence electrons. The predicted octanol–water partition coefficient (Wildman–Crippen LogP) is 4.81. The number of hydrogen-bond donors (Lipinski definition) is 1. The smallest absolute Gasteiger partial charge is 0.348 e. The minimum Gasteiger partial charge on any atom is -0.462 e. The van der Waals surface area contributed by atoms with E-state index in [1.807, 2.05) is 24.6 Å². The molecule has 0 radical (unpaired) electrons. The van der Waals surface area contributed by atoms with E-state index in [1.54, 1.807) is 19.9 Å². The zero-order chi connectivity index (χ0) is 23.7. The Bertz CT molecular complexity index is 1420. The Hall–Kier alpha value is -3.52. The molecule has 0 atom stereocenters. The monoisotopic (exact) mass is 462 g/mol. The highest BCUT2D eigenvalue weighted by Gasteiger charge is 2.20. The highest BCUT2D eigenvalue weighted by molar-refractivity contribution is 7.20. The number of fused-ring (bicyclic) bond motifs is 1. The second-order valence-corrected chi connectivity index (χ2v) is 8.97. The van der Waals surface area contributed by atoms with E-state index < -0.39 is 5.97 Å². The summed E-state index contributed by atoms with van der Waals surface area (Å²) in [6, 6.07) is 8.41. The number of carbonyl (C=O) groups is 1. The summed E-state index contributed by atoms with van der Waals surface area (Å²) in [4.78, 5) is 33.2. The molecule has 0 saturated carbocycles. The van der Waals surface area contributed by atoms with Gasteiger partial charge in [-0.2, -0.15) is 5.10 Å². The molecule has 7 nitrogen and oxygen atoms in total. The molecular weight excluding hydrogens is 436 g/mol. The number of benzene rings is 1. The number of carbonyl (C=O) groups excluding carboxylic acids is 1. The van der Waals surface area contributed by atoms with Gasteiger partial charge in [-0.05, 0) is 57.9 Å². The molecule has 0 bridgehead atoms. The average molecular weight is 463 g/mol. The van der Waals surface area contributed by atoms with Gasteiger partial charge in [-0.15, -0.1) is 11.3 Å². The number of thiophene rings is 1. The Balaban J connectivity index is 1.64. The van der Waals surface area contributed by atoms with E-state index in [0.29, 0.717) is 33.0 Å². The van der Waals surface area contributed by atoms with Crippen molar-refractivity contribution >= 4 is 39.7 Å². The third-order valence-electron chi connectivity index (χ3n) is 5.58. The van der Waals surface area contributed by atoms with Crippen LogP contribution < -0.4 is 5.56 Å². The van der Waals surface area contributed by atoms with Gasteiger partial charge < -0.3 is 9.72 Å². The van der Waals surface area contributed by atoms with Gasteiger partial charge in [0.2, 0.25) is 0 Å². The van der Waals surface area contributed by atoms with E-state index in [4.69, 9.17) is 4.74 Å². The van der Waals surface area contributed by atoms with Crippen LogP contribution in [0, 0.1) is 27.7 Å². The first-order valence-corrected chi connectivity index (χ1v) is 11.6. The number of nitrogens with zero attached hydrogens (tertiary/aromatic N) is 3. The van der Waals surface area contributed by atoms with Gasteiger partial charge in [0.05, 0.1) is 24.2 Å². The molecule has 0 aliphatic rings. The van der Waals surface area contributed by atoms with Crippen molar-refractivity contribution in [2.75, 3.05) is 6.61 Å². The number of hydrogen-bond acceptors (Lipinski definition) is 6. The lowest BCUT2D eigenvalue weighted by atomic mass is 10.1. The SMILES string of the molecule is CCOC(=O)c1sc2nc(/C=C/c3c(C)nn(Cc4ccc(C)cc4)c3C)[nH]c(=O)c2c1C. The van der Waals surface area contributed by atoms with Crippen LogP contribution in [-0.4, -0.2) is 32.3 Å². The summed E-state index contributed by atoms with van der Waals surface area (Å²) >= 11 is 1.18. The molecule has 0 unspecified atom stereocenters. The maximum atomic E-state index is 12.7. The van der Waals surface area contributed by atoms with Crippen molar-refractivity contribution in [2.45, 2.75) is 41.2 Å². The van der Waals surface area contributed by atoms with Gasteiger partial charge in [-0.3, -0.25) is 9.48 Å². The fraction of sp³-hybridized carbons (Fsp3) is 0.280. The van der Waals surface area contributed by atoms with Gasteiger partial charge in [-0.1, -0.05) is 29.8 Å². The summed E-state index contributed by atoms with van der Waals surface area (Å²) in [7, 11) is 0. The van der Waals surface area contributed by atoms with Gasteiger partial charge in [-0.25, -0.2) is 9.78 Å². The van der Waals surface area contributed by atoms with Crippen molar-refractivity contribution in [2.24, 2.45) is 0 Å². The van der Waals surface area contributed by atoms with Crippen molar-refractivity contribution in [1.82, 2.24) is 19.7 Å². The topological polar surface area (TPSA) is 89.9 Å². The standard InChI is InChI=1S/C25H26N4O3S/c1-6-32-25(31)22-15(3)21-23(30)26-20(27-24(21)33-22)12-11-19-16(4)28-29(17(19)5)13-18-9-7-14(2)8-10-18/h7-12H,6,13H2,1-5H3,(H,26,27,30)/b12-11+. The Morgan fingerprint density at radius 2 is 1.88 bits per heavy atom. The second-order valence-electron chi connectivity index (χ2n) is 7.97. The van der Waals surface area contributed by atoms with Crippen LogP contribution in [0.1, 0.15) is 56.1 Å². The zero-order valence-electron chi connectivity index (χ0n) is 19.4. The van der Waals surface area contributed by atoms with Gasteiger partial charge in [0.15, 0.2) is 0 Å². The molecule has 0 saturated heterocycles. The second kappa shape index (κ2) is 9.15. The van der Waals surface area contributed by atoms with E-state index in [0.717, 1.165) is 17.0 Å². The van der Waals surface area contributed by atoms with Crippen LogP contribution in [0.2, 0.25) is 0 Å². The normalized spacial score (nSPS) is 11.5. The van der Waals surface area contributed by atoms with Crippen molar-refractivity contribution in [1.29, 1.82) is 0 Å². The summed E-state index contributed by atoms with van der Waals surface area (Å²) in [5, 5.41) is 5.11. The highest BCUT2D eigenvalue weighted by Crippen LogP contribution is 2.28. The summed E-state index contributed by atoms with van der Waals surface area (Å²) in [6.45, 7) is 10.5. The molecule has 0 spiro atoms. The lowest BCUT2D eigenvalue weighted by molar-refractivity contribution is 0.0531. The molecule has 4 aromatic rings. The van der Waals surface area contributed by atoms with E-state index in [1.165, 1.54) is 22.5 Å². The molecule has 0 fully saturated rings. The number of ether oxygens (including phenoxy) is 1. The predicted molar refractivity (Wildman–Crippen MR) is 132 cm³/mol. The van der Waals surface area contributed by atoms with Gasteiger partial charge >= 0.3 is 5.97 Å². The number of esters is 1.